The molecule has 0 bridgehead atoms. The van der Waals surface area contributed by atoms with Gasteiger partial charge in [0.15, 0.2) is 0 Å². The molecule has 8 rings (SSSR count). The first-order valence-electron chi connectivity index (χ1n) is 23.9. The van der Waals surface area contributed by atoms with Gasteiger partial charge in [0.1, 0.15) is 34.5 Å². The van der Waals surface area contributed by atoms with Gasteiger partial charge in [-0.1, -0.05) is 12.1 Å². The topological polar surface area (TPSA) is 80.6 Å². The van der Waals surface area contributed by atoms with Crippen LogP contribution in [0, 0.1) is 19.7 Å². The molecule has 5 heterocycles. The van der Waals surface area contributed by atoms with E-state index < -0.39 is 0 Å². The van der Waals surface area contributed by atoms with Crippen LogP contribution < -0.4 is 29.0 Å². The Morgan fingerprint density at radius 2 is 0.970 bits per heavy atom. The fourth-order valence-corrected chi connectivity index (χ4v) is 9.70. The Labute approximate surface area is 390 Å². The molecule has 3 aromatic heterocycles. The van der Waals surface area contributed by atoms with E-state index in [1.54, 1.807) is 12.1 Å². The molecule has 3 aromatic carbocycles. The zero-order valence-electron chi connectivity index (χ0n) is 39.6. The second kappa shape index (κ2) is 21.9. The van der Waals surface area contributed by atoms with Gasteiger partial charge in [0.2, 0.25) is 0 Å². The Morgan fingerprint density at radius 3 is 1.38 bits per heavy atom. The number of benzene rings is 3. The Bertz CT molecular complexity index is 2430. The highest BCUT2D eigenvalue weighted by molar-refractivity contribution is 5.77. The summed E-state index contributed by atoms with van der Waals surface area (Å²) in [6.07, 6.45) is 11.9. The Kier molecular flexibility index (Phi) is 15.4. The zero-order chi connectivity index (χ0) is 46.0. The first-order chi connectivity index (χ1) is 32.2. The van der Waals surface area contributed by atoms with Gasteiger partial charge in [-0.05, 0) is 157 Å². The van der Waals surface area contributed by atoms with Crippen molar-refractivity contribution in [3.05, 3.63) is 138 Å². The fraction of sp³-hybridized carbons (Fsp3) is 0.407. The number of nitrogens with zero attached hydrogens (tertiary/aromatic N) is 7. The number of aryl methyl sites for hydroxylation is 2. The Hall–Kier alpha value is -6.11. The number of anilines is 2. The third-order valence-corrected chi connectivity index (χ3v) is 12.6. The lowest BCUT2D eigenvalue weighted by Crippen LogP contribution is -2.59. The van der Waals surface area contributed by atoms with Crippen LogP contribution in [0.4, 0.5) is 15.8 Å². The monoisotopic (exact) mass is 896 g/mol. The molecule has 2 saturated heterocycles. The van der Waals surface area contributed by atoms with E-state index in [9.17, 15) is 4.39 Å². The zero-order valence-corrected chi connectivity index (χ0v) is 39.6. The molecule has 0 radical (unpaired) electrons. The van der Waals surface area contributed by atoms with Crippen LogP contribution in [-0.4, -0.2) is 89.0 Å². The number of piperidine rings is 2. The molecule has 0 amide bonds. The van der Waals surface area contributed by atoms with Gasteiger partial charge in [-0.25, -0.2) is 4.39 Å². The summed E-state index contributed by atoms with van der Waals surface area (Å²) in [6, 6.07) is 28.6. The highest BCUT2D eigenvalue weighted by atomic mass is 19.1. The molecule has 0 aliphatic carbocycles. The summed E-state index contributed by atoms with van der Waals surface area (Å²) in [4.78, 5) is 14.4. The predicted molar refractivity (Wildman–Crippen MR) is 262 cm³/mol. The van der Waals surface area contributed by atoms with Gasteiger partial charge in [0.05, 0.1) is 55.4 Å². The number of rotatable bonds is 19. The summed E-state index contributed by atoms with van der Waals surface area (Å²) in [5.74, 6) is 2.91. The van der Waals surface area contributed by atoms with Crippen molar-refractivity contribution in [1.29, 1.82) is 0 Å². The Balaban J connectivity index is 1.03. The summed E-state index contributed by atoms with van der Waals surface area (Å²) in [6.45, 7) is 19.7. The highest BCUT2D eigenvalue weighted by Crippen LogP contribution is 2.42. The van der Waals surface area contributed by atoms with Crippen LogP contribution in [-0.2, 0) is 13.1 Å². The molecule has 0 saturated carbocycles. The van der Waals surface area contributed by atoms with Gasteiger partial charge < -0.3 is 23.5 Å². The molecule has 6 aromatic rings. The van der Waals surface area contributed by atoms with Crippen LogP contribution in [0.5, 0.6) is 23.0 Å². The van der Waals surface area contributed by atoms with E-state index in [-0.39, 0.29) is 17.9 Å². The summed E-state index contributed by atoms with van der Waals surface area (Å²) in [5.41, 5.74) is 9.30. The molecule has 348 valence electrons. The largest absolute Gasteiger partial charge is 0.493 e. The minimum absolute atomic E-state index is 0.251. The smallest absolute Gasteiger partial charge is 0.147 e. The molecule has 12 heteroatoms. The summed E-state index contributed by atoms with van der Waals surface area (Å²) in [7, 11) is 0. The lowest BCUT2D eigenvalue weighted by Gasteiger charge is -2.51. The van der Waals surface area contributed by atoms with E-state index in [0.29, 0.717) is 26.4 Å². The SMILES string of the molecule is CCOc1cc(CN2CCC(N(c3ccnc(C)c3)N(c3ccnc(C)c3)C3CCN(Cc4cc(OCC)c(-n5cccc5)c(OCC)c4)CC3)CC2)cc(OCC)c1-c1ccc(F)cc1. The number of hydrogen-bond acceptors (Lipinski definition) is 10. The molecule has 66 heavy (non-hydrogen) atoms. The summed E-state index contributed by atoms with van der Waals surface area (Å²) >= 11 is 0. The van der Waals surface area contributed by atoms with Gasteiger partial charge in [-0.2, -0.15) is 0 Å². The second-order valence-corrected chi connectivity index (χ2v) is 17.3. The molecule has 0 N–H and O–H groups in total. The molecule has 0 unspecified atom stereocenters. The van der Waals surface area contributed by atoms with Gasteiger partial charge in [0.25, 0.3) is 0 Å². The van der Waals surface area contributed by atoms with Gasteiger partial charge in [-0.15, -0.1) is 0 Å². The van der Waals surface area contributed by atoms with E-state index in [2.05, 4.69) is 96.7 Å². The van der Waals surface area contributed by atoms with Crippen molar-refractivity contribution >= 4 is 11.4 Å². The maximum atomic E-state index is 14.0. The van der Waals surface area contributed by atoms with Crippen molar-refractivity contribution in [2.45, 2.75) is 92.4 Å². The number of hydrogen-bond donors (Lipinski definition) is 0. The third-order valence-electron chi connectivity index (χ3n) is 12.6. The lowest BCUT2D eigenvalue weighted by molar-refractivity contribution is 0.183. The molecule has 0 spiro atoms. The van der Waals surface area contributed by atoms with E-state index in [1.807, 2.05) is 64.6 Å². The number of likely N-dealkylation sites (tertiary alicyclic amines) is 2. The fourth-order valence-electron chi connectivity index (χ4n) is 9.70. The van der Waals surface area contributed by atoms with Crippen molar-refractivity contribution in [2.24, 2.45) is 0 Å². The highest BCUT2D eigenvalue weighted by Gasteiger charge is 2.35. The molecule has 0 atom stereocenters. The number of hydrazine groups is 1. The Morgan fingerprint density at radius 1 is 0.561 bits per heavy atom. The van der Waals surface area contributed by atoms with Gasteiger partial charge >= 0.3 is 0 Å². The maximum Gasteiger partial charge on any atom is 0.147 e. The van der Waals surface area contributed by atoms with Crippen molar-refractivity contribution in [3.8, 4) is 39.8 Å². The van der Waals surface area contributed by atoms with Crippen LogP contribution in [0.25, 0.3) is 16.8 Å². The van der Waals surface area contributed by atoms with Crippen molar-refractivity contribution in [3.63, 3.8) is 0 Å². The molecular weight excluding hydrogens is 830 g/mol. The molecule has 2 aliphatic rings. The number of halogens is 1. The van der Waals surface area contributed by atoms with Crippen LogP contribution in [0.2, 0.25) is 0 Å². The first-order valence-corrected chi connectivity index (χ1v) is 23.9. The molecule has 2 aliphatic heterocycles. The van der Waals surface area contributed by atoms with Crippen LogP contribution >= 0.6 is 0 Å². The second-order valence-electron chi connectivity index (χ2n) is 17.3. The minimum Gasteiger partial charge on any atom is -0.493 e. The molecular formula is C54H66FN7O4. The van der Waals surface area contributed by atoms with Crippen molar-refractivity contribution in [1.82, 2.24) is 24.3 Å². The first kappa shape index (κ1) is 46.4. The van der Waals surface area contributed by atoms with Crippen LogP contribution in [0.3, 0.4) is 0 Å². The van der Waals surface area contributed by atoms with Crippen molar-refractivity contribution in [2.75, 3.05) is 62.6 Å². The normalized spacial score (nSPS) is 15.1. The van der Waals surface area contributed by atoms with Gasteiger partial charge in [-0.3, -0.25) is 29.8 Å². The average molecular weight is 896 g/mol. The van der Waals surface area contributed by atoms with E-state index in [4.69, 9.17) is 18.9 Å². The van der Waals surface area contributed by atoms with E-state index >= 15 is 0 Å². The standard InChI is InChI=1S/C54H66FN7O4/c1-7-63-49-33-41(34-50(64-8-2)53(49)43-13-15-44(55)16-14-43)37-58-27-19-45(20-28-58)61(47-17-23-56-39(5)31-47)62(48-18-24-57-40(6)32-48)46-21-29-59(30-22-46)38-42-35-51(65-9-3)54(52(36-42)66-10-4)60-25-11-12-26-60/h11-18,23-26,31-36,45-46H,7-10,19-22,27-30,37-38H2,1-6H3. The average Bonchev–Trinajstić information content (AvgIpc) is 3.85. The maximum absolute atomic E-state index is 14.0. The summed E-state index contributed by atoms with van der Waals surface area (Å²) < 4.78 is 41.0. The number of ether oxygens (including phenoxy) is 4. The molecule has 11 nitrogen and oxygen atoms in total. The minimum atomic E-state index is -0.271. The van der Waals surface area contributed by atoms with E-state index in [1.165, 1.54) is 17.7 Å². The van der Waals surface area contributed by atoms with Gasteiger partial charge in [0, 0.05) is 75.4 Å². The molecule has 2 fully saturated rings. The van der Waals surface area contributed by atoms with E-state index in [0.717, 1.165) is 133 Å². The number of aromatic nitrogens is 3. The summed E-state index contributed by atoms with van der Waals surface area (Å²) in [5, 5.41) is 5.20. The predicted octanol–water partition coefficient (Wildman–Crippen LogP) is 10.8. The lowest BCUT2D eigenvalue weighted by atomic mass is 9.98. The third kappa shape index (κ3) is 10.9. The van der Waals surface area contributed by atoms with Crippen molar-refractivity contribution < 1.29 is 23.3 Å². The quantitative estimate of drug-likeness (QED) is 0.0733. The number of pyridine rings is 2. The van der Waals surface area contributed by atoms with Crippen LogP contribution in [0.15, 0.2) is 110 Å². The van der Waals surface area contributed by atoms with Crippen LogP contribution in [0.1, 0.15) is 75.9 Å².